The molecule has 0 aliphatic carbocycles. The Balaban J connectivity index is 2.33. The first-order valence-electron chi connectivity index (χ1n) is 6.37. The average molecular weight is 366 g/mol. The van der Waals surface area contributed by atoms with Crippen LogP contribution in [0.3, 0.4) is 0 Å². The Labute approximate surface area is 133 Å². The van der Waals surface area contributed by atoms with Crippen LogP contribution in [0.25, 0.3) is 10.8 Å². The van der Waals surface area contributed by atoms with Crippen LogP contribution in [-0.4, -0.2) is 36.7 Å². The first-order chi connectivity index (χ1) is 11.0. The second-order valence-electron chi connectivity index (χ2n) is 4.76. The van der Waals surface area contributed by atoms with Crippen molar-refractivity contribution in [2.24, 2.45) is 0 Å². The third-order valence-electron chi connectivity index (χ3n) is 3.12. The third kappa shape index (κ3) is 3.49. The van der Waals surface area contributed by atoms with E-state index in [1.54, 1.807) is 24.3 Å². The first kappa shape index (κ1) is 18.1. The minimum absolute atomic E-state index is 0.328. The number of fused-ring (bicyclic) bond motifs is 1. The summed E-state index contributed by atoms with van der Waals surface area (Å²) in [6.45, 7) is 0. The minimum atomic E-state index is -6.20. The van der Waals surface area contributed by atoms with Gasteiger partial charge in [-0.25, -0.2) is 13.6 Å². The van der Waals surface area contributed by atoms with Gasteiger partial charge in [0.15, 0.2) is 0 Å². The van der Waals surface area contributed by atoms with E-state index < -0.39 is 33.9 Å². The van der Waals surface area contributed by atoms with Gasteiger partial charge in [0.05, 0.1) is 5.56 Å². The van der Waals surface area contributed by atoms with Crippen molar-refractivity contribution >= 4 is 26.9 Å². The molecule has 24 heavy (non-hydrogen) atoms. The summed E-state index contributed by atoms with van der Waals surface area (Å²) in [6.07, 6.45) is -7.68. The fourth-order valence-electron chi connectivity index (χ4n) is 1.91. The van der Waals surface area contributed by atoms with Gasteiger partial charge in [-0.1, -0.05) is 30.3 Å². The van der Waals surface area contributed by atoms with E-state index in [0.717, 1.165) is 6.07 Å². The summed E-state index contributed by atoms with van der Waals surface area (Å²) in [6, 6.07) is 10.4. The molecule has 0 amide bonds. The summed E-state index contributed by atoms with van der Waals surface area (Å²) in [4.78, 5) is 11.8. The van der Waals surface area contributed by atoms with Gasteiger partial charge < -0.3 is 4.74 Å². The summed E-state index contributed by atoms with van der Waals surface area (Å²) in [5.41, 5.74) is -0.328. The molecule has 2 aromatic carbocycles. The SMILES string of the molecule is O=C(OC(C(F)F)C(F)(F)S(=O)(=O)O)c1ccc2ccccc2c1. The number of carbonyl (C=O) groups excluding carboxylic acids is 1. The van der Waals surface area contributed by atoms with E-state index in [-0.39, 0.29) is 5.56 Å². The number of ether oxygens (including phenoxy) is 1. The molecule has 1 unspecified atom stereocenters. The van der Waals surface area contributed by atoms with E-state index >= 15 is 0 Å². The highest BCUT2D eigenvalue weighted by molar-refractivity contribution is 7.86. The molecule has 10 heteroatoms. The van der Waals surface area contributed by atoms with Crippen LogP contribution in [0.4, 0.5) is 17.6 Å². The Kier molecular flexibility index (Phi) is 4.81. The minimum Gasteiger partial charge on any atom is -0.445 e. The monoisotopic (exact) mass is 366 g/mol. The number of alkyl halides is 4. The summed E-state index contributed by atoms with van der Waals surface area (Å²) < 4.78 is 85.7. The zero-order valence-electron chi connectivity index (χ0n) is 11.7. The van der Waals surface area contributed by atoms with E-state index in [9.17, 15) is 30.8 Å². The molecule has 0 fully saturated rings. The van der Waals surface area contributed by atoms with Crippen molar-refractivity contribution in [2.75, 3.05) is 0 Å². The molecular formula is C14H10F4O5S. The largest absolute Gasteiger partial charge is 0.445 e. The highest BCUT2D eigenvalue weighted by Gasteiger charge is 2.58. The maximum atomic E-state index is 13.4. The fraction of sp³-hybridized carbons (Fsp3) is 0.214. The van der Waals surface area contributed by atoms with Crippen molar-refractivity contribution in [3.8, 4) is 0 Å². The Hall–Kier alpha value is -2.20. The van der Waals surface area contributed by atoms with Crippen LogP contribution in [-0.2, 0) is 14.9 Å². The molecule has 0 saturated carbocycles. The van der Waals surface area contributed by atoms with Gasteiger partial charge in [-0.15, -0.1) is 0 Å². The van der Waals surface area contributed by atoms with E-state index in [4.69, 9.17) is 4.55 Å². The summed E-state index contributed by atoms with van der Waals surface area (Å²) in [5.74, 6) is -1.57. The lowest BCUT2D eigenvalue weighted by Gasteiger charge is -2.23. The van der Waals surface area contributed by atoms with Crippen molar-refractivity contribution in [1.82, 2.24) is 0 Å². The van der Waals surface area contributed by atoms with Gasteiger partial charge in [-0.2, -0.15) is 17.2 Å². The van der Waals surface area contributed by atoms with Crippen molar-refractivity contribution in [1.29, 1.82) is 0 Å². The van der Waals surface area contributed by atoms with Crippen molar-refractivity contribution in [3.05, 3.63) is 48.0 Å². The van der Waals surface area contributed by atoms with E-state index in [1.807, 2.05) is 0 Å². The average Bonchev–Trinajstić information content (AvgIpc) is 2.50. The molecule has 0 bridgehead atoms. The molecular weight excluding hydrogens is 356 g/mol. The van der Waals surface area contributed by atoms with Crippen LogP contribution in [0.1, 0.15) is 10.4 Å². The molecule has 1 atom stereocenters. The van der Waals surface area contributed by atoms with Crippen LogP contribution in [0.15, 0.2) is 42.5 Å². The molecule has 0 aromatic heterocycles. The normalized spacial score (nSPS) is 13.9. The molecule has 5 nitrogen and oxygen atoms in total. The summed E-state index contributed by atoms with van der Waals surface area (Å²) in [5, 5.41) is -4.14. The summed E-state index contributed by atoms with van der Waals surface area (Å²) in [7, 11) is -6.20. The predicted octanol–water partition coefficient (Wildman–Crippen LogP) is 3.11. The van der Waals surface area contributed by atoms with Gasteiger partial charge in [-0.3, -0.25) is 4.55 Å². The van der Waals surface area contributed by atoms with Crippen LogP contribution >= 0.6 is 0 Å². The fourth-order valence-corrected chi connectivity index (χ4v) is 2.36. The Morgan fingerprint density at radius 3 is 2.21 bits per heavy atom. The molecule has 0 saturated heterocycles. The molecule has 130 valence electrons. The third-order valence-corrected chi connectivity index (χ3v) is 4.04. The molecule has 2 aromatic rings. The molecule has 0 heterocycles. The lowest BCUT2D eigenvalue weighted by Crippen LogP contribution is -2.48. The lowest BCUT2D eigenvalue weighted by atomic mass is 10.1. The van der Waals surface area contributed by atoms with Crippen molar-refractivity contribution in [2.45, 2.75) is 17.8 Å². The Bertz CT molecular complexity index is 866. The van der Waals surface area contributed by atoms with Gasteiger partial charge in [0.1, 0.15) is 0 Å². The second-order valence-corrected chi connectivity index (χ2v) is 6.25. The zero-order chi connectivity index (χ0) is 18.1. The molecule has 0 aliphatic rings. The number of esters is 1. The van der Waals surface area contributed by atoms with Crippen molar-refractivity contribution < 1.29 is 40.1 Å². The van der Waals surface area contributed by atoms with Gasteiger partial charge in [0.25, 0.3) is 6.43 Å². The van der Waals surface area contributed by atoms with Crippen molar-refractivity contribution in [3.63, 3.8) is 0 Å². The Morgan fingerprint density at radius 1 is 1.08 bits per heavy atom. The van der Waals surface area contributed by atoms with Crippen LogP contribution < -0.4 is 0 Å². The first-order valence-corrected chi connectivity index (χ1v) is 7.81. The summed E-state index contributed by atoms with van der Waals surface area (Å²) >= 11 is 0. The number of rotatable bonds is 5. The highest BCUT2D eigenvalue weighted by Crippen LogP contribution is 2.32. The van der Waals surface area contributed by atoms with Crippen LogP contribution in [0.2, 0.25) is 0 Å². The number of carbonyl (C=O) groups is 1. The van der Waals surface area contributed by atoms with Crippen LogP contribution in [0.5, 0.6) is 0 Å². The lowest BCUT2D eigenvalue weighted by molar-refractivity contribution is -0.125. The number of hydrogen-bond donors (Lipinski definition) is 1. The zero-order valence-corrected chi connectivity index (χ0v) is 12.5. The van der Waals surface area contributed by atoms with Gasteiger partial charge >= 0.3 is 21.3 Å². The van der Waals surface area contributed by atoms with Gasteiger partial charge in [-0.05, 0) is 22.9 Å². The molecule has 0 aliphatic heterocycles. The number of halogens is 4. The standard InChI is InChI=1S/C14H10F4O5S/c15-12(16)11(14(17,18)24(20,21)22)23-13(19)10-6-5-8-3-1-2-4-9(8)7-10/h1-7,11-12H,(H,20,21,22). The molecule has 2 rings (SSSR count). The highest BCUT2D eigenvalue weighted by atomic mass is 32.2. The maximum Gasteiger partial charge on any atom is 0.411 e. The molecule has 0 radical (unpaired) electrons. The van der Waals surface area contributed by atoms with Gasteiger partial charge in [0, 0.05) is 0 Å². The van der Waals surface area contributed by atoms with E-state index in [2.05, 4.69) is 4.74 Å². The Morgan fingerprint density at radius 2 is 1.67 bits per heavy atom. The second kappa shape index (κ2) is 6.36. The van der Waals surface area contributed by atoms with E-state index in [0.29, 0.717) is 10.8 Å². The molecule has 1 N–H and O–H groups in total. The van der Waals surface area contributed by atoms with Gasteiger partial charge in [0.2, 0.25) is 6.10 Å². The molecule has 0 spiro atoms. The number of benzene rings is 2. The topological polar surface area (TPSA) is 80.7 Å². The van der Waals surface area contributed by atoms with Crippen LogP contribution in [0, 0.1) is 0 Å². The quantitative estimate of drug-likeness (QED) is 0.500. The van der Waals surface area contributed by atoms with E-state index in [1.165, 1.54) is 12.1 Å². The maximum absolute atomic E-state index is 13.4. The number of hydrogen-bond acceptors (Lipinski definition) is 4. The smallest absolute Gasteiger partial charge is 0.411 e. The predicted molar refractivity (Wildman–Crippen MR) is 75.7 cm³/mol.